The first-order valence-corrected chi connectivity index (χ1v) is 4.69. The Balaban J connectivity index is 2.64. The summed E-state index contributed by atoms with van der Waals surface area (Å²) in [5.41, 5.74) is 5.44. The van der Waals surface area contributed by atoms with Gasteiger partial charge in [0.05, 0.1) is 0 Å². The highest BCUT2D eigenvalue weighted by atomic mass is 15.2. The van der Waals surface area contributed by atoms with Crippen LogP contribution in [0.2, 0.25) is 0 Å². The van der Waals surface area contributed by atoms with Gasteiger partial charge in [-0.2, -0.15) is 0 Å². The van der Waals surface area contributed by atoms with E-state index in [1.807, 2.05) is 20.2 Å². The Morgan fingerprint density at radius 1 is 1.50 bits per heavy atom. The highest BCUT2D eigenvalue weighted by molar-refractivity contribution is 5.47. The standard InChI is InChI=1S/C9H17N5/c1-11-8-6-9(13-7-12-8)14(2)5-3-4-10/h6-7H,3-5,10H2,1-2H3,(H,11,12,13). The van der Waals surface area contributed by atoms with E-state index in [0.717, 1.165) is 24.6 Å². The predicted molar refractivity (Wildman–Crippen MR) is 58.5 cm³/mol. The van der Waals surface area contributed by atoms with Gasteiger partial charge in [-0.1, -0.05) is 0 Å². The van der Waals surface area contributed by atoms with E-state index in [4.69, 9.17) is 5.73 Å². The average molecular weight is 195 g/mol. The smallest absolute Gasteiger partial charge is 0.133 e. The molecule has 1 rings (SSSR count). The zero-order chi connectivity index (χ0) is 10.4. The van der Waals surface area contributed by atoms with Crippen molar-refractivity contribution in [3.8, 4) is 0 Å². The molecule has 0 saturated carbocycles. The van der Waals surface area contributed by atoms with Crippen molar-refractivity contribution in [3.05, 3.63) is 12.4 Å². The number of hydrogen-bond donors (Lipinski definition) is 2. The summed E-state index contributed by atoms with van der Waals surface area (Å²) in [6.45, 7) is 1.62. The monoisotopic (exact) mass is 195 g/mol. The van der Waals surface area contributed by atoms with Crippen LogP contribution >= 0.6 is 0 Å². The molecule has 0 aliphatic carbocycles. The van der Waals surface area contributed by atoms with Crippen LogP contribution in [0.15, 0.2) is 12.4 Å². The summed E-state index contributed by atoms with van der Waals surface area (Å²) in [7, 11) is 3.84. The minimum Gasteiger partial charge on any atom is -0.373 e. The first kappa shape index (κ1) is 10.7. The highest BCUT2D eigenvalue weighted by Crippen LogP contribution is 2.11. The fourth-order valence-corrected chi connectivity index (χ4v) is 1.14. The van der Waals surface area contributed by atoms with Crippen molar-refractivity contribution in [2.45, 2.75) is 6.42 Å². The molecule has 1 heterocycles. The van der Waals surface area contributed by atoms with Crippen molar-refractivity contribution in [2.75, 3.05) is 37.4 Å². The van der Waals surface area contributed by atoms with Crippen LogP contribution in [-0.2, 0) is 0 Å². The zero-order valence-electron chi connectivity index (χ0n) is 8.70. The van der Waals surface area contributed by atoms with E-state index in [0.29, 0.717) is 6.54 Å². The number of rotatable bonds is 5. The largest absolute Gasteiger partial charge is 0.373 e. The van der Waals surface area contributed by atoms with E-state index in [-0.39, 0.29) is 0 Å². The molecule has 0 amide bonds. The van der Waals surface area contributed by atoms with E-state index >= 15 is 0 Å². The van der Waals surface area contributed by atoms with E-state index in [2.05, 4.69) is 20.2 Å². The van der Waals surface area contributed by atoms with Gasteiger partial charge in [0.15, 0.2) is 0 Å². The fourth-order valence-electron chi connectivity index (χ4n) is 1.14. The van der Waals surface area contributed by atoms with Gasteiger partial charge in [-0.3, -0.25) is 0 Å². The van der Waals surface area contributed by atoms with Crippen LogP contribution in [-0.4, -0.2) is 37.2 Å². The number of nitrogens with one attached hydrogen (secondary N) is 1. The molecule has 1 aromatic rings. The highest BCUT2D eigenvalue weighted by Gasteiger charge is 2.02. The van der Waals surface area contributed by atoms with Gasteiger partial charge < -0.3 is 16.0 Å². The van der Waals surface area contributed by atoms with Crippen LogP contribution < -0.4 is 16.0 Å². The van der Waals surface area contributed by atoms with Crippen molar-refractivity contribution in [3.63, 3.8) is 0 Å². The third-order valence-electron chi connectivity index (χ3n) is 2.00. The Morgan fingerprint density at radius 3 is 2.93 bits per heavy atom. The van der Waals surface area contributed by atoms with Crippen LogP contribution in [0.3, 0.4) is 0 Å². The Hall–Kier alpha value is -1.36. The fraction of sp³-hybridized carbons (Fsp3) is 0.556. The molecule has 0 aliphatic heterocycles. The molecule has 3 N–H and O–H groups in total. The minimum atomic E-state index is 0.703. The van der Waals surface area contributed by atoms with Gasteiger partial charge in [0.2, 0.25) is 0 Å². The van der Waals surface area contributed by atoms with Crippen molar-refractivity contribution < 1.29 is 0 Å². The molecule has 5 heteroatoms. The van der Waals surface area contributed by atoms with Crippen molar-refractivity contribution in [2.24, 2.45) is 5.73 Å². The Kier molecular flexibility index (Phi) is 4.12. The van der Waals surface area contributed by atoms with Crippen LogP contribution in [0.25, 0.3) is 0 Å². The van der Waals surface area contributed by atoms with E-state index in [1.165, 1.54) is 0 Å². The number of nitrogens with zero attached hydrogens (tertiary/aromatic N) is 3. The van der Waals surface area contributed by atoms with Crippen molar-refractivity contribution >= 4 is 11.6 Å². The van der Waals surface area contributed by atoms with Crippen LogP contribution in [0.5, 0.6) is 0 Å². The van der Waals surface area contributed by atoms with Crippen LogP contribution in [0, 0.1) is 0 Å². The molecule has 0 saturated heterocycles. The second-order valence-corrected chi connectivity index (χ2v) is 3.08. The third-order valence-corrected chi connectivity index (χ3v) is 2.00. The predicted octanol–water partition coefficient (Wildman–Crippen LogP) is 0.303. The average Bonchev–Trinajstić information content (AvgIpc) is 2.26. The summed E-state index contributed by atoms with van der Waals surface area (Å²) in [4.78, 5) is 10.3. The minimum absolute atomic E-state index is 0.703. The molecular weight excluding hydrogens is 178 g/mol. The summed E-state index contributed by atoms with van der Waals surface area (Å²) < 4.78 is 0. The molecule has 1 aromatic heterocycles. The SMILES string of the molecule is CNc1cc(N(C)CCCN)ncn1. The van der Waals surface area contributed by atoms with E-state index < -0.39 is 0 Å². The topological polar surface area (TPSA) is 67.1 Å². The lowest BCUT2D eigenvalue weighted by Gasteiger charge is -2.17. The number of aromatic nitrogens is 2. The van der Waals surface area contributed by atoms with Crippen LogP contribution in [0.4, 0.5) is 11.6 Å². The second kappa shape index (κ2) is 5.39. The van der Waals surface area contributed by atoms with Crippen LogP contribution in [0.1, 0.15) is 6.42 Å². The molecule has 14 heavy (non-hydrogen) atoms. The first-order valence-electron chi connectivity index (χ1n) is 4.69. The number of hydrogen-bond acceptors (Lipinski definition) is 5. The molecule has 0 atom stereocenters. The van der Waals surface area contributed by atoms with Crippen molar-refractivity contribution in [1.82, 2.24) is 9.97 Å². The quantitative estimate of drug-likeness (QED) is 0.707. The zero-order valence-corrected chi connectivity index (χ0v) is 8.70. The Bertz CT molecular complexity index is 276. The van der Waals surface area contributed by atoms with E-state index in [9.17, 15) is 0 Å². The van der Waals surface area contributed by atoms with Crippen molar-refractivity contribution in [1.29, 1.82) is 0 Å². The first-order chi connectivity index (χ1) is 6.77. The van der Waals surface area contributed by atoms with Gasteiger partial charge in [-0.15, -0.1) is 0 Å². The molecule has 0 fully saturated rings. The summed E-state index contributed by atoms with van der Waals surface area (Å²) in [5.74, 6) is 1.74. The maximum absolute atomic E-state index is 5.44. The molecular formula is C9H17N5. The lowest BCUT2D eigenvalue weighted by Crippen LogP contribution is -2.22. The third kappa shape index (κ3) is 2.85. The number of nitrogens with two attached hydrogens (primary N) is 1. The van der Waals surface area contributed by atoms with Gasteiger partial charge >= 0.3 is 0 Å². The molecule has 0 unspecified atom stereocenters. The Labute approximate surface area is 84.3 Å². The maximum atomic E-state index is 5.44. The molecule has 0 bridgehead atoms. The normalized spacial score (nSPS) is 9.93. The summed E-state index contributed by atoms with van der Waals surface area (Å²) in [5, 5.41) is 2.98. The lowest BCUT2D eigenvalue weighted by molar-refractivity contribution is 0.785. The molecule has 78 valence electrons. The Morgan fingerprint density at radius 2 is 2.29 bits per heavy atom. The second-order valence-electron chi connectivity index (χ2n) is 3.08. The van der Waals surface area contributed by atoms with Gasteiger partial charge in [0.25, 0.3) is 0 Å². The maximum Gasteiger partial charge on any atom is 0.133 e. The van der Waals surface area contributed by atoms with Gasteiger partial charge in [0, 0.05) is 26.7 Å². The molecule has 0 aromatic carbocycles. The van der Waals surface area contributed by atoms with E-state index in [1.54, 1.807) is 6.33 Å². The summed E-state index contributed by atoms with van der Waals surface area (Å²) in [6.07, 6.45) is 2.52. The molecule has 5 nitrogen and oxygen atoms in total. The number of anilines is 2. The van der Waals surface area contributed by atoms with Gasteiger partial charge in [0.1, 0.15) is 18.0 Å². The summed E-state index contributed by atoms with van der Waals surface area (Å²) >= 11 is 0. The molecule has 0 aliphatic rings. The molecule has 0 spiro atoms. The van der Waals surface area contributed by atoms with Gasteiger partial charge in [-0.05, 0) is 13.0 Å². The van der Waals surface area contributed by atoms with Gasteiger partial charge in [-0.25, -0.2) is 9.97 Å². The summed E-state index contributed by atoms with van der Waals surface area (Å²) in [6, 6.07) is 1.91. The molecule has 0 radical (unpaired) electrons. The lowest BCUT2D eigenvalue weighted by atomic mass is 10.4.